The molecule has 2 saturated heterocycles. The molecule has 12 nitrogen and oxygen atoms in total. The summed E-state index contributed by atoms with van der Waals surface area (Å²) < 4.78 is 10.8. The van der Waals surface area contributed by atoms with E-state index in [9.17, 15) is 14.4 Å². The number of likely N-dealkylation sites (N-methyl/N-ethyl adjacent to an activating group) is 1. The fourth-order valence-electron chi connectivity index (χ4n) is 5.28. The lowest BCUT2D eigenvalue weighted by Crippen LogP contribution is -2.43. The van der Waals surface area contributed by atoms with Crippen molar-refractivity contribution in [3.05, 3.63) is 114 Å². The minimum atomic E-state index is -0.786. The molecule has 1 N–H and O–H groups in total. The van der Waals surface area contributed by atoms with Gasteiger partial charge in [-0.25, -0.2) is 9.79 Å². The van der Waals surface area contributed by atoms with E-state index in [1.165, 1.54) is 23.7 Å². The molecule has 4 aromatic rings. The molecule has 0 aliphatic carbocycles. The van der Waals surface area contributed by atoms with Gasteiger partial charge in [-0.05, 0) is 54.4 Å². The quantitative estimate of drug-likeness (QED) is 0.234. The van der Waals surface area contributed by atoms with Crippen molar-refractivity contribution < 1.29 is 23.9 Å². The molecule has 3 aromatic carbocycles. The number of aromatic nitrogens is 2. The number of hydrogen-bond donors (Lipinski definition) is 1. The molecule has 1 unspecified atom stereocenters. The first-order valence-corrected chi connectivity index (χ1v) is 16.8. The lowest BCUT2D eigenvalue weighted by atomic mass is 10.1. The third kappa shape index (κ3) is 8.42. The number of carbonyl (C=O) groups excluding carboxylic acids is 3. The Morgan fingerprint density at radius 3 is 2.47 bits per heavy atom. The lowest BCUT2D eigenvalue weighted by molar-refractivity contribution is -0.126. The van der Waals surface area contributed by atoms with Gasteiger partial charge in [-0.2, -0.15) is 0 Å². The van der Waals surface area contributed by atoms with Crippen molar-refractivity contribution in [1.29, 1.82) is 0 Å². The highest BCUT2D eigenvalue weighted by molar-refractivity contribution is 8.15. The summed E-state index contributed by atoms with van der Waals surface area (Å²) in [5.74, 6) is -0.497. The lowest BCUT2D eigenvalue weighted by Gasteiger charge is -2.28. The number of hydrogen-bond acceptors (Lipinski definition) is 10. The summed E-state index contributed by atoms with van der Waals surface area (Å²) in [6.07, 6.45) is 4.23. The number of carbonyl (C=O) groups is 3. The van der Waals surface area contributed by atoms with Gasteiger partial charge in [-0.15, -0.1) is 0 Å². The number of morpholine rings is 1. The van der Waals surface area contributed by atoms with Gasteiger partial charge in [0.1, 0.15) is 17.9 Å². The molecular formula is C36H37N7O5S. The minimum Gasteiger partial charge on any atom is -0.445 e. The Kier molecular flexibility index (Phi) is 10.8. The number of aliphatic imine (C=N–C) groups is 1. The largest absolute Gasteiger partial charge is 0.445 e. The molecule has 2 aliphatic heterocycles. The average Bonchev–Trinajstić information content (AvgIpc) is 3.45. The van der Waals surface area contributed by atoms with Crippen molar-refractivity contribution in [3.63, 3.8) is 0 Å². The Morgan fingerprint density at radius 2 is 1.78 bits per heavy atom. The number of benzene rings is 3. The topological polar surface area (TPSA) is 130 Å². The van der Waals surface area contributed by atoms with Crippen LogP contribution >= 0.6 is 11.8 Å². The van der Waals surface area contributed by atoms with E-state index in [1.807, 2.05) is 66.7 Å². The van der Waals surface area contributed by atoms with Crippen LogP contribution < -0.4 is 10.2 Å². The predicted octanol–water partition coefficient (Wildman–Crippen LogP) is 5.41. The summed E-state index contributed by atoms with van der Waals surface area (Å²) in [7, 11) is 1.52. The molecule has 0 bridgehead atoms. The summed E-state index contributed by atoms with van der Waals surface area (Å²) in [5, 5.41) is 2.87. The molecule has 13 heteroatoms. The highest BCUT2D eigenvalue weighted by atomic mass is 32.2. The van der Waals surface area contributed by atoms with Gasteiger partial charge in [0.25, 0.3) is 0 Å². The Balaban J connectivity index is 1.12. The molecule has 252 valence electrons. The van der Waals surface area contributed by atoms with E-state index in [0.29, 0.717) is 29.8 Å². The minimum absolute atomic E-state index is 0.113. The van der Waals surface area contributed by atoms with Gasteiger partial charge in [-0.3, -0.25) is 29.4 Å². The smallest absolute Gasteiger partial charge is 0.410 e. The van der Waals surface area contributed by atoms with Gasteiger partial charge in [0.15, 0.2) is 5.17 Å². The molecule has 2 atom stereocenters. The van der Waals surface area contributed by atoms with Gasteiger partial charge in [0.2, 0.25) is 11.8 Å². The number of nitrogens with one attached hydrogen (secondary N) is 1. The molecule has 2 aliphatic rings. The first-order valence-electron chi connectivity index (χ1n) is 15.9. The SMILES string of the molecule is C[C@@H](C(=O)Nc1ccc(C2SC(=Nc3ccc(N4CCOCC4)cc3)N(Cc3cnccn3)C2=O)cc1)N(C)C(=O)OCc1ccccc1. The second kappa shape index (κ2) is 15.8. The second-order valence-electron chi connectivity index (χ2n) is 11.6. The normalized spacial score (nSPS) is 17.6. The monoisotopic (exact) mass is 679 g/mol. The van der Waals surface area contributed by atoms with E-state index in [-0.39, 0.29) is 25.0 Å². The first kappa shape index (κ1) is 33.6. The maximum absolute atomic E-state index is 13.8. The molecule has 3 heterocycles. The van der Waals surface area contributed by atoms with E-state index in [4.69, 9.17) is 14.5 Å². The highest BCUT2D eigenvalue weighted by Crippen LogP contribution is 2.41. The van der Waals surface area contributed by atoms with Crippen molar-refractivity contribution in [2.75, 3.05) is 43.6 Å². The van der Waals surface area contributed by atoms with Crippen molar-refractivity contribution >= 4 is 51.9 Å². The molecule has 0 saturated carbocycles. The number of amides is 3. The maximum atomic E-state index is 13.8. The molecule has 49 heavy (non-hydrogen) atoms. The zero-order chi connectivity index (χ0) is 34.2. The van der Waals surface area contributed by atoms with Crippen LogP contribution in [-0.2, 0) is 32.2 Å². The highest BCUT2D eigenvalue weighted by Gasteiger charge is 2.39. The molecule has 0 radical (unpaired) electrons. The summed E-state index contributed by atoms with van der Waals surface area (Å²) in [4.78, 5) is 58.0. The summed E-state index contributed by atoms with van der Waals surface area (Å²) in [6, 6.07) is 23.6. The maximum Gasteiger partial charge on any atom is 0.410 e. The van der Waals surface area contributed by atoms with Crippen LogP contribution in [0.3, 0.4) is 0 Å². The summed E-state index contributed by atoms with van der Waals surface area (Å²) in [6.45, 7) is 5.07. The number of thioether (sulfide) groups is 1. The Hall–Kier alpha value is -5.27. The van der Waals surface area contributed by atoms with Crippen molar-refractivity contribution in [1.82, 2.24) is 19.8 Å². The number of nitrogens with zero attached hydrogens (tertiary/aromatic N) is 6. The molecule has 0 spiro atoms. The summed E-state index contributed by atoms with van der Waals surface area (Å²) >= 11 is 1.37. The predicted molar refractivity (Wildman–Crippen MR) is 188 cm³/mol. The molecule has 3 amide bonds. The van der Waals surface area contributed by atoms with Crippen molar-refractivity contribution in [2.45, 2.75) is 31.4 Å². The van der Waals surface area contributed by atoms with Crippen LogP contribution in [0.4, 0.5) is 21.9 Å². The van der Waals surface area contributed by atoms with Gasteiger partial charge < -0.3 is 19.7 Å². The van der Waals surface area contributed by atoms with E-state index < -0.39 is 17.4 Å². The van der Waals surface area contributed by atoms with Gasteiger partial charge in [0.05, 0.1) is 37.3 Å². The molecule has 6 rings (SSSR count). The number of rotatable bonds is 10. The average molecular weight is 680 g/mol. The van der Waals surface area contributed by atoms with Crippen LogP contribution in [0, 0.1) is 0 Å². The zero-order valence-corrected chi connectivity index (χ0v) is 28.1. The van der Waals surface area contributed by atoms with E-state index in [0.717, 1.165) is 35.6 Å². The standard InChI is InChI=1S/C36H37N7O5S/c1-25(41(2)36(46)48-24-26-6-4-3-5-7-26)33(44)39-28-10-8-27(9-11-28)32-34(45)43(23-30-22-37-16-17-38-30)35(49-32)40-29-12-14-31(15-13-29)42-18-20-47-21-19-42/h3-17,22,25,32H,18-21,23-24H2,1-2H3,(H,39,44)/t25-,32?/m0/s1. The number of ether oxygens (including phenoxy) is 2. The van der Waals surface area contributed by atoms with Gasteiger partial charge in [-0.1, -0.05) is 54.2 Å². The van der Waals surface area contributed by atoms with Crippen LogP contribution in [0.15, 0.2) is 102 Å². The van der Waals surface area contributed by atoms with Crippen LogP contribution in [-0.4, -0.2) is 82.2 Å². The van der Waals surface area contributed by atoms with Crippen LogP contribution in [0.25, 0.3) is 0 Å². The van der Waals surface area contributed by atoms with Crippen LogP contribution in [0.1, 0.15) is 29.0 Å². The Labute approximate surface area is 289 Å². The molecule has 1 aromatic heterocycles. The zero-order valence-electron chi connectivity index (χ0n) is 27.3. The van der Waals surface area contributed by atoms with E-state index in [1.54, 1.807) is 42.5 Å². The Bertz CT molecular complexity index is 1770. The Morgan fingerprint density at radius 1 is 1.04 bits per heavy atom. The summed E-state index contributed by atoms with van der Waals surface area (Å²) in [5.41, 5.74) is 4.64. The fourth-order valence-corrected chi connectivity index (χ4v) is 6.46. The fraction of sp³-hybridized carbons (Fsp3) is 0.278. The van der Waals surface area contributed by atoms with Gasteiger partial charge in [0, 0.05) is 43.9 Å². The van der Waals surface area contributed by atoms with Crippen LogP contribution in [0.2, 0.25) is 0 Å². The third-order valence-corrected chi connectivity index (χ3v) is 9.50. The van der Waals surface area contributed by atoms with Gasteiger partial charge >= 0.3 is 6.09 Å². The molecule has 2 fully saturated rings. The second-order valence-corrected chi connectivity index (χ2v) is 12.6. The van der Waals surface area contributed by atoms with Crippen LogP contribution in [0.5, 0.6) is 0 Å². The van der Waals surface area contributed by atoms with E-state index >= 15 is 0 Å². The molecular weight excluding hydrogens is 643 g/mol. The third-order valence-electron chi connectivity index (χ3n) is 8.27. The van der Waals surface area contributed by atoms with Crippen molar-refractivity contribution in [2.24, 2.45) is 4.99 Å². The first-order chi connectivity index (χ1) is 23.9. The van der Waals surface area contributed by atoms with Crippen molar-refractivity contribution in [3.8, 4) is 0 Å². The number of anilines is 2. The number of amidine groups is 1. The van der Waals surface area contributed by atoms with E-state index in [2.05, 4.69) is 20.2 Å².